The van der Waals surface area contributed by atoms with Crippen LogP contribution in [0, 0.1) is 17.0 Å². The number of rotatable bonds is 13. The summed E-state index contributed by atoms with van der Waals surface area (Å²) in [5.41, 5.74) is 5.98. The Morgan fingerprint density at radius 2 is 1.77 bits per heavy atom. The first-order chi connectivity index (χ1) is 25.6. The van der Waals surface area contributed by atoms with Gasteiger partial charge in [-0.1, -0.05) is 59.8 Å². The molecule has 1 saturated heterocycles. The summed E-state index contributed by atoms with van der Waals surface area (Å²) in [4.78, 5) is 28.9. The van der Waals surface area contributed by atoms with Crippen molar-refractivity contribution in [2.75, 3.05) is 53.4 Å². The summed E-state index contributed by atoms with van der Waals surface area (Å²) in [6.07, 6.45) is 1.31. The van der Waals surface area contributed by atoms with Crippen molar-refractivity contribution in [2.45, 2.75) is 22.7 Å². The molecular weight excluding hydrogens is 752 g/mol. The number of hydrogen-bond acceptors (Lipinski definition) is 12. The Balaban J connectivity index is 0.998. The smallest absolute Gasteiger partial charge is 0.293 e. The lowest BCUT2D eigenvalue weighted by Crippen LogP contribution is -2.46. The van der Waals surface area contributed by atoms with Crippen molar-refractivity contribution in [3.8, 4) is 11.1 Å². The lowest BCUT2D eigenvalue weighted by Gasteiger charge is -2.36. The minimum atomic E-state index is -4.23. The molecule has 7 rings (SSSR count). The third-order valence-electron chi connectivity index (χ3n) is 8.87. The summed E-state index contributed by atoms with van der Waals surface area (Å²) < 4.78 is 30.4. The van der Waals surface area contributed by atoms with Crippen molar-refractivity contribution in [1.82, 2.24) is 19.9 Å². The Kier molecular flexibility index (Phi) is 11.1. The topological polar surface area (TPSA) is 146 Å². The number of fused-ring (bicyclic) bond motifs is 1. The van der Waals surface area contributed by atoms with Gasteiger partial charge in [0.05, 0.1) is 15.3 Å². The van der Waals surface area contributed by atoms with E-state index in [9.17, 15) is 18.5 Å². The highest BCUT2D eigenvalue weighted by Gasteiger charge is 2.24. The Labute approximate surface area is 320 Å². The van der Waals surface area contributed by atoms with E-state index in [1.807, 2.05) is 48.7 Å². The first kappa shape index (κ1) is 36.6. The molecule has 53 heavy (non-hydrogen) atoms. The number of halogens is 1. The van der Waals surface area contributed by atoms with Crippen molar-refractivity contribution >= 4 is 78.5 Å². The van der Waals surface area contributed by atoms with Crippen LogP contribution in [0.4, 0.5) is 22.9 Å². The van der Waals surface area contributed by atoms with E-state index >= 15 is 0 Å². The highest BCUT2D eigenvalue weighted by atomic mass is 35.5. The molecule has 0 spiro atoms. The molecule has 0 saturated carbocycles. The van der Waals surface area contributed by atoms with E-state index in [1.165, 1.54) is 29.6 Å². The summed E-state index contributed by atoms with van der Waals surface area (Å²) in [6, 6.07) is 25.9. The van der Waals surface area contributed by atoms with Crippen molar-refractivity contribution < 1.29 is 13.3 Å². The summed E-state index contributed by atoms with van der Waals surface area (Å²) in [6.45, 7) is 6.54. The highest BCUT2D eigenvalue weighted by molar-refractivity contribution is 8.01. The number of nitro benzene ring substituents is 1. The van der Waals surface area contributed by atoms with Gasteiger partial charge in [-0.2, -0.15) is 0 Å². The quantitative estimate of drug-likeness (QED) is 0.0509. The van der Waals surface area contributed by atoms with Crippen LogP contribution >= 0.6 is 34.7 Å². The molecule has 3 heterocycles. The number of aryl methyl sites for hydroxylation is 1. The zero-order chi connectivity index (χ0) is 37.0. The SMILES string of the molecule is Cc1csc(SCCNc2ccc(S(=O)(=O)Nc3ncnc4cc(N5CCN(Cc6ccccc6-c6ccc(Cl)cc6)CC5)ccc34)cc2[N+](=O)[O-])n1. The molecule has 0 bridgehead atoms. The maximum atomic E-state index is 13.5. The molecule has 1 fully saturated rings. The summed E-state index contributed by atoms with van der Waals surface area (Å²) >= 11 is 9.21. The third-order valence-corrected chi connectivity index (χ3v) is 12.6. The molecular formula is C37H35ClN8O4S3. The molecule has 16 heteroatoms. The predicted molar refractivity (Wildman–Crippen MR) is 214 cm³/mol. The lowest BCUT2D eigenvalue weighted by atomic mass is 9.99. The number of thioether (sulfide) groups is 1. The van der Waals surface area contributed by atoms with Crippen LogP contribution in [0.25, 0.3) is 22.0 Å². The van der Waals surface area contributed by atoms with E-state index in [4.69, 9.17) is 11.6 Å². The van der Waals surface area contributed by atoms with Gasteiger partial charge in [-0.05, 0) is 66.1 Å². The second kappa shape index (κ2) is 16.1. The number of piperazine rings is 1. The molecule has 6 aromatic rings. The van der Waals surface area contributed by atoms with E-state index in [0.29, 0.717) is 28.2 Å². The second-order valence-electron chi connectivity index (χ2n) is 12.4. The zero-order valence-corrected chi connectivity index (χ0v) is 31.8. The molecule has 272 valence electrons. The van der Waals surface area contributed by atoms with Gasteiger partial charge in [0.25, 0.3) is 15.7 Å². The van der Waals surface area contributed by atoms with Gasteiger partial charge in [0, 0.05) is 78.3 Å². The molecule has 2 N–H and O–H groups in total. The van der Waals surface area contributed by atoms with Gasteiger partial charge >= 0.3 is 0 Å². The van der Waals surface area contributed by atoms with Crippen LogP contribution in [-0.4, -0.2) is 71.7 Å². The minimum absolute atomic E-state index is 0.0880. The number of nitrogens with one attached hydrogen (secondary N) is 2. The fraction of sp³-hybridized carbons (Fsp3) is 0.216. The Bertz CT molecular complexity index is 2370. The van der Waals surface area contributed by atoms with Crippen molar-refractivity contribution in [1.29, 1.82) is 0 Å². The number of anilines is 3. The maximum Gasteiger partial charge on any atom is 0.293 e. The minimum Gasteiger partial charge on any atom is -0.379 e. The molecule has 1 aliphatic heterocycles. The molecule has 4 aromatic carbocycles. The zero-order valence-electron chi connectivity index (χ0n) is 28.6. The predicted octanol–water partition coefficient (Wildman–Crippen LogP) is 7.95. The van der Waals surface area contributed by atoms with Crippen LogP contribution in [0.5, 0.6) is 0 Å². The first-order valence-corrected chi connectivity index (χ1v) is 20.5. The number of aromatic nitrogens is 3. The molecule has 12 nitrogen and oxygen atoms in total. The van der Waals surface area contributed by atoms with E-state index in [0.717, 1.165) is 60.1 Å². The molecule has 0 amide bonds. The van der Waals surface area contributed by atoms with Gasteiger partial charge < -0.3 is 10.2 Å². The Morgan fingerprint density at radius 3 is 2.53 bits per heavy atom. The normalized spacial score (nSPS) is 13.7. The second-order valence-corrected chi connectivity index (χ2v) is 16.7. The van der Waals surface area contributed by atoms with Crippen LogP contribution in [0.2, 0.25) is 5.02 Å². The Hall–Kier alpha value is -4.80. The number of hydrogen-bond donors (Lipinski definition) is 2. The van der Waals surface area contributed by atoms with Crippen LogP contribution in [0.1, 0.15) is 11.3 Å². The molecule has 0 radical (unpaired) electrons. The standard InChI is InChI=1S/C37H35ClN8O4S3/c1-25-23-52-37(42-25)51-19-14-39-33-13-11-30(21-35(33)46(47)48)53(49,50)43-36-32-12-10-29(20-34(32)40-24-41-36)45-17-15-44(16-18-45)22-27-4-2-3-5-31(27)26-6-8-28(38)9-7-26/h2-13,20-21,23-24,39H,14-19,22H2,1H3,(H,40,41,43). The van der Waals surface area contributed by atoms with E-state index in [2.05, 4.69) is 59.1 Å². The maximum absolute atomic E-state index is 13.5. The van der Waals surface area contributed by atoms with Gasteiger partial charge in [-0.15, -0.1) is 11.3 Å². The van der Waals surface area contributed by atoms with Gasteiger partial charge in [-0.3, -0.25) is 19.7 Å². The highest BCUT2D eigenvalue weighted by Crippen LogP contribution is 2.32. The number of nitrogens with zero attached hydrogens (tertiary/aromatic N) is 6. The monoisotopic (exact) mass is 786 g/mol. The van der Waals surface area contributed by atoms with Crippen LogP contribution < -0.4 is 14.9 Å². The van der Waals surface area contributed by atoms with Crippen molar-refractivity contribution in [3.63, 3.8) is 0 Å². The first-order valence-electron chi connectivity index (χ1n) is 16.8. The summed E-state index contributed by atoms with van der Waals surface area (Å²) in [5.74, 6) is 0.718. The van der Waals surface area contributed by atoms with Crippen molar-refractivity contribution in [3.05, 3.63) is 123 Å². The lowest BCUT2D eigenvalue weighted by molar-refractivity contribution is -0.384. The average Bonchev–Trinajstić information content (AvgIpc) is 3.58. The fourth-order valence-electron chi connectivity index (χ4n) is 6.19. The van der Waals surface area contributed by atoms with Crippen molar-refractivity contribution in [2.24, 2.45) is 0 Å². The number of thiazole rings is 1. The molecule has 0 atom stereocenters. The van der Waals surface area contributed by atoms with Gasteiger partial charge in [0.15, 0.2) is 5.82 Å². The van der Waals surface area contributed by atoms with E-state index in [-0.39, 0.29) is 22.1 Å². The summed E-state index contributed by atoms with van der Waals surface area (Å²) in [7, 11) is -4.23. The molecule has 2 aromatic heterocycles. The van der Waals surface area contributed by atoms with Gasteiger partial charge in [0.1, 0.15) is 16.4 Å². The van der Waals surface area contributed by atoms with Crippen LogP contribution in [0.3, 0.4) is 0 Å². The number of sulfonamides is 1. The fourth-order valence-corrected chi connectivity index (χ4v) is 9.14. The summed E-state index contributed by atoms with van der Waals surface area (Å²) in [5, 5.41) is 18.2. The largest absolute Gasteiger partial charge is 0.379 e. The molecule has 0 aliphatic carbocycles. The van der Waals surface area contributed by atoms with Crippen LogP contribution in [0.15, 0.2) is 106 Å². The number of nitro groups is 1. The van der Waals surface area contributed by atoms with Gasteiger partial charge in [0.2, 0.25) is 0 Å². The Morgan fingerprint density at radius 1 is 0.981 bits per heavy atom. The number of benzene rings is 4. The van der Waals surface area contributed by atoms with E-state index < -0.39 is 14.9 Å². The van der Waals surface area contributed by atoms with E-state index in [1.54, 1.807) is 29.2 Å². The molecule has 1 aliphatic rings. The van der Waals surface area contributed by atoms with Crippen LogP contribution in [-0.2, 0) is 16.6 Å². The average molecular weight is 787 g/mol. The molecule has 0 unspecified atom stereocenters. The van der Waals surface area contributed by atoms with Gasteiger partial charge in [-0.25, -0.2) is 23.4 Å². The third kappa shape index (κ3) is 8.71.